The van der Waals surface area contributed by atoms with E-state index in [1.54, 1.807) is 12.1 Å². The molecule has 2 aromatic rings. The molecule has 1 N–H and O–H groups in total. The van der Waals surface area contributed by atoms with Crippen molar-refractivity contribution in [1.82, 2.24) is 10.2 Å². The van der Waals surface area contributed by atoms with Crippen LogP contribution in [0.3, 0.4) is 0 Å². The van der Waals surface area contributed by atoms with Crippen LogP contribution < -0.4 is 5.32 Å². The summed E-state index contributed by atoms with van der Waals surface area (Å²) in [7, 11) is 0. The summed E-state index contributed by atoms with van der Waals surface area (Å²) in [5.41, 5.74) is 1.88. The van der Waals surface area contributed by atoms with Crippen molar-refractivity contribution in [3.05, 3.63) is 59.5 Å². The number of nitrogens with one attached hydrogen (secondary N) is 1. The molecule has 4 aliphatic carbocycles. The standard InChI is InChI=1S/C27H30N2O5/c30-24(28-27-12-17-8-18(13-27)10-19(9-17)14-27)16-34-26(32)22-11-20-4-1-2-5-21(20)15-29(22)25(31)23-6-3-7-33-23/h1-7,17-19,22H,8-16H2,(H,28,30)/t17?,18?,19?,22-,27?/m0/s1. The third-order valence-electron chi connectivity index (χ3n) is 8.30. The van der Waals surface area contributed by atoms with Crippen LogP contribution in [0.15, 0.2) is 47.1 Å². The minimum atomic E-state index is -0.806. The van der Waals surface area contributed by atoms with Crippen molar-refractivity contribution >= 4 is 17.8 Å². The first-order valence-electron chi connectivity index (χ1n) is 12.4. The molecule has 4 fully saturated rings. The molecular weight excluding hydrogens is 432 g/mol. The van der Waals surface area contributed by atoms with Crippen LogP contribution in [-0.2, 0) is 27.3 Å². The van der Waals surface area contributed by atoms with E-state index in [4.69, 9.17) is 9.15 Å². The first-order chi connectivity index (χ1) is 16.5. The van der Waals surface area contributed by atoms with Gasteiger partial charge in [0.05, 0.1) is 6.26 Å². The predicted octanol–water partition coefficient (Wildman–Crippen LogP) is 3.47. The fourth-order valence-corrected chi connectivity index (χ4v) is 7.32. The number of esters is 1. The minimum absolute atomic E-state index is 0.122. The zero-order chi connectivity index (χ0) is 23.3. The molecule has 4 bridgehead atoms. The van der Waals surface area contributed by atoms with E-state index in [0.717, 1.165) is 48.1 Å². The Morgan fingerprint density at radius 3 is 2.29 bits per heavy atom. The number of carbonyl (C=O) groups excluding carboxylic acids is 3. The molecule has 7 heteroatoms. The van der Waals surface area contributed by atoms with Gasteiger partial charge in [0.1, 0.15) is 6.04 Å². The zero-order valence-corrected chi connectivity index (χ0v) is 19.2. The Bertz CT molecular complexity index is 1070. The van der Waals surface area contributed by atoms with E-state index in [-0.39, 0.29) is 36.3 Å². The van der Waals surface area contributed by atoms with Gasteiger partial charge in [0.15, 0.2) is 12.4 Å². The minimum Gasteiger partial charge on any atom is -0.459 e. The van der Waals surface area contributed by atoms with E-state index >= 15 is 0 Å². The van der Waals surface area contributed by atoms with Crippen LogP contribution in [0, 0.1) is 17.8 Å². The Morgan fingerprint density at radius 1 is 0.971 bits per heavy atom. The number of hydrogen-bond acceptors (Lipinski definition) is 5. The number of benzene rings is 1. The maximum atomic E-state index is 13.1. The van der Waals surface area contributed by atoms with Gasteiger partial charge >= 0.3 is 5.97 Å². The molecule has 1 atom stereocenters. The van der Waals surface area contributed by atoms with Crippen molar-refractivity contribution < 1.29 is 23.5 Å². The van der Waals surface area contributed by atoms with Crippen molar-refractivity contribution in [2.24, 2.45) is 17.8 Å². The highest BCUT2D eigenvalue weighted by molar-refractivity contribution is 5.95. The van der Waals surface area contributed by atoms with Crippen molar-refractivity contribution in [2.45, 2.75) is 63.1 Å². The van der Waals surface area contributed by atoms with Gasteiger partial charge in [-0.1, -0.05) is 24.3 Å². The van der Waals surface area contributed by atoms with Gasteiger partial charge in [-0.25, -0.2) is 4.79 Å². The first kappa shape index (κ1) is 21.4. The highest BCUT2D eigenvalue weighted by atomic mass is 16.5. The SMILES string of the molecule is O=C(COC(=O)[C@@H]1Cc2ccccc2CN1C(=O)c1ccco1)NC12CC3CC(CC(C3)C1)C2. The number of nitrogens with zero attached hydrogens (tertiary/aromatic N) is 1. The highest BCUT2D eigenvalue weighted by Crippen LogP contribution is 2.55. The molecule has 0 radical (unpaired) electrons. The second-order valence-corrected chi connectivity index (χ2v) is 10.8. The van der Waals surface area contributed by atoms with Crippen molar-refractivity contribution in [3.63, 3.8) is 0 Å². The van der Waals surface area contributed by atoms with Gasteiger partial charge in [-0.2, -0.15) is 0 Å². The number of fused-ring (bicyclic) bond motifs is 1. The lowest BCUT2D eigenvalue weighted by molar-refractivity contribution is -0.154. The number of hydrogen-bond donors (Lipinski definition) is 1. The summed E-state index contributed by atoms with van der Waals surface area (Å²) >= 11 is 0. The average Bonchev–Trinajstić information content (AvgIpc) is 3.35. The van der Waals surface area contributed by atoms with E-state index in [0.29, 0.717) is 6.42 Å². The molecule has 0 spiro atoms. The maximum Gasteiger partial charge on any atom is 0.329 e. The van der Waals surface area contributed by atoms with Gasteiger partial charge in [-0.3, -0.25) is 9.59 Å². The summed E-state index contributed by atoms with van der Waals surface area (Å²) in [5.74, 6) is 1.18. The average molecular weight is 463 g/mol. The fraction of sp³-hybridized carbons (Fsp3) is 0.519. The van der Waals surface area contributed by atoms with E-state index in [1.165, 1.54) is 30.4 Å². The van der Waals surface area contributed by atoms with Crippen LogP contribution in [0.4, 0.5) is 0 Å². The molecule has 2 heterocycles. The molecule has 1 aromatic carbocycles. The van der Waals surface area contributed by atoms with Gasteiger partial charge in [-0.15, -0.1) is 0 Å². The molecule has 4 saturated carbocycles. The Morgan fingerprint density at radius 2 is 1.65 bits per heavy atom. The molecule has 0 unspecified atom stereocenters. The number of furan rings is 1. The van der Waals surface area contributed by atoms with Crippen LogP contribution in [0.1, 0.15) is 60.2 Å². The van der Waals surface area contributed by atoms with Crippen LogP contribution in [0.25, 0.3) is 0 Å². The van der Waals surface area contributed by atoms with Gasteiger partial charge < -0.3 is 19.4 Å². The lowest BCUT2D eigenvalue weighted by Crippen LogP contribution is -2.60. The Labute approximate surface area is 198 Å². The number of amides is 2. The van der Waals surface area contributed by atoms with Gasteiger partial charge in [0.2, 0.25) is 0 Å². The largest absolute Gasteiger partial charge is 0.459 e. The molecule has 34 heavy (non-hydrogen) atoms. The second kappa shape index (κ2) is 8.29. The Balaban J connectivity index is 1.13. The monoisotopic (exact) mass is 462 g/mol. The molecule has 1 aliphatic heterocycles. The highest BCUT2D eigenvalue weighted by Gasteiger charge is 2.51. The van der Waals surface area contributed by atoms with Gasteiger partial charge in [0, 0.05) is 18.5 Å². The molecule has 0 saturated heterocycles. The molecule has 7 nitrogen and oxygen atoms in total. The van der Waals surface area contributed by atoms with E-state index in [1.807, 2.05) is 24.3 Å². The molecule has 178 valence electrons. The number of ether oxygens (including phenoxy) is 1. The van der Waals surface area contributed by atoms with Crippen LogP contribution >= 0.6 is 0 Å². The molecular formula is C27H30N2O5. The quantitative estimate of drug-likeness (QED) is 0.688. The Kier molecular flexibility index (Phi) is 5.23. The number of carbonyl (C=O) groups is 3. The topological polar surface area (TPSA) is 88.9 Å². The van der Waals surface area contributed by atoms with Crippen molar-refractivity contribution in [1.29, 1.82) is 0 Å². The summed E-state index contributed by atoms with van der Waals surface area (Å²) in [6, 6.07) is 10.2. The normalized spacial score (nSPS) is 31.1. The first-order valence-corrected chi connectivity index (χ1v) is 12.4. The zero-order valence-electron chi connectivity index (χ0n) is 19.2. The smallest absolute Gasteiger partial charge is 0.329 e. The van der Waals surface area contributed by atoms with Gasteiger partial charge in [0.25, 0.3) is 11.8 Å². The summed E-state index contributed by atoms with van der Waals surface area (Å²) in [6.07, 6.45) is 8.81. The van der Waals surface area contributed by atoms with E-state index < -0.39 is 12.0 Å². The van der Waals surface area contributed by atoms with E-state index in [9.17, 15) is 14.4 Å². The summed E-state index contributed by atoms with van der Waals surface area (Å²) in [4.78, 5) is 40.5. The summed E-state index contributed by atoms with van der Waals surface area (Å²) in [6.45, 7) is -0.0313. The molecule has 7 rings (SSSR count). The van der Waals surface area contributed by atoms with Crippen LogP contribution in [-0.4, -0.2) is 40.9 Å². The van der Waals surface area contributed by atoms with Crippen LogP contribution in [0.5, 0.6) is 0 Å². The maximum absolute atomic E-state index is 13.1. The second-order valence-electron chi connectivity index (χ2n) is 10.8. The molecule has 1 aromatic heterocycles. The lowest BCUT2D eigenvalue weighted by atomic mass is 9.53. The number of rotatable bonds is 5. The lowest BCUT2D eigenvalue weighted by Gasteiger charge is -2.56. The predicted molar refractivity (Wildman–Crippen MR) is 123 cm³/mol. The fourth-order valence-electron chi connectivity index (χ4n) is 7.32. The van der Waals surface area contributed by atoms with Crippen LogP contribution in [0.2, 0.25) is 0 Å². The molecule has 5 aliphatic rings. The Hall–Kier alpha value is -3.09. The summed E-state index contributed by atoms with van der Waals surface area (Å²) < 4.78 is 10.8. The van der Waals surface area contributed by atoms with Crippen molar-refractivity contribution in [2.75, 3.05) is 6.61 Å². The van der Waals surface area contributed by atoms with Gasteiger partial charge in [-0.05, 0) is 79.5 Å². The third-order valence-corrected chi connectivity index (χ3v) is 8.30. The summed E-state index contributed by atoms with van der Waals surface area (Å²) in [5, 5.41) is 3.24. The molecule has 2 amide bonds. The third kappa shape index (κ3) is 3.91. The van der Waals surface area contributed by atoms with E-state index in [2.05, 4.69) is 5.32 Å². The van der Waals surface area contributed by atoms with Crippen molar-refractivity contribution in [3.8, 4) is 0 Å².